The lowest BCUT2D eigenvalue weighted by molar-refractivity contribution is -0.384. The molecule has 0 bridgehead atoms. The van der Waals surface area contributed by atoms with Crippen molar-refractivity contribution in [1.82, 2.24) is 4.98 Å². The number of benzene rings is 2. The fourth-order valence-corrected chi connectivity index (χ4v) is 3.56. The molecule has 23 heavy (non-hydrogen) atoms. The van der Waals surface area contributed by atoms with E-state index in [1.165, 1.54) is 18.2 Å². The van der Waals surface area contributed by atoms with E-state index in [0.29, 0.717) is 5.69 Å². The van der Waals surface area contributed by atoms with Gasteiger partial charge >= 0.3 is 0 Å². The molecule has 0 aliphatic carbocycles. The molecule has 1 N–H and O–H groups in total. The van der Waals surface area contributed by atoms with Gasteiger partial charge in [0.15, 0.2) is 4.34 Å². The van der Waals surface area contributed by atoms with Crippen LogP contribution in [0.1, 0.15) is 10.4 Å². The normalized spacial score (nSPS) is 10.7. The number of carbonyl (C=O) groups is 1. The molecule has 8 heteroatoms. The van der Waals surface area contributed by atoms with Crippen LogP contribution in [0.4, 0.5) is 11.4 Å². The Morgan fingerprint density at radius 2 is 2.13 bits per heavy atom. The molecule has 1 amide bonds. The summed E-state index contributed by atoms with van der Waals surface area (Å²) in [5.74, 6) is -0.386. The maximum Gasteiger partial charge on any atom is 0.270 e. The largest absolute Gasteiger partial charge is 0.322 e. The average Bonchev–Trinajstić information content (AvgIpc) is 2.97. The van der Waals surface area contributed by atoms with Crippen molar-refractivity contribution in [1.29, 1.82) is 0 Å². The van der Waals surface area contributed by atoms with Gasteiger partial charge < -0.3 is 5.32 Å². The number of non-ortho nitro benzene ring substituents is 1. The number of fused-ring (bicyclic) bond motifs is 1. The smallest absolute Gasteiger partial charge is 0.270 e. The highest BCUT2D eigenvalue weighted by molar-refractivity contribution is 8.00. The number of hydrogen-bond donors (Lipinski definition) is 1. The average molecular weight is 345 g/mol. The number of nitro groups is 1. The number of carbonyl (C=O) groups excluding carboxylic acids is 1. The summed E-state index contributed by atoms with van der Waals surface area (Å²) in [5.41, 5.74) is 1.64. The molecule has 0 radical (unpaired) electrons. The van der Waals surface area contributed by atoms with E-state index in [9.17, 15) is 14.9 Å². The van der Waals surface area contributed by atoms with E-state index < -0.39 is 4.92 Å². The Morgan fingerprint density at radius 1 is 1.30 bits per heavy atom. The predicted octanol–water partition coefficient (Wildman–Crippen LogP) is 4.18. The lowest BCUT2D eigenvalue weighted by atomic mass is 10.2. The fourth-order valence-electron chi connectivity index (χ4n) is 2.03. The van der Waals surface area contributed by atoms with Crippen LogP contribution in [0.3, 0.4) is 0 Å². The third-order valence-corrected chi connectivity index (χ3v) is 5.12. The van der Waals surface area contributed by atoms with Crippen LogP contribution in [0.2, 0.25) is 0 Å². The van der Waals surface area contributed by atoms with E-state index in [0.717, 1.165) is 14.6 Å². The van der Waals surface area contributed by atoms with Gasteiger partial charge in [0, 0.05) is 23.4 Å². The zero-order valence-electron chi connectivity index (χ0n) is 12.0. The molecule has 6 nitrogen and oxygen atoms in total. The van der Waals surface area contributed by atoms with Crippen molar-refractivity contribution in [2.75, 3.05) is 11.6 Å². The van der Waals surface area contributed by atoms with E-state index >= 15 is 0 Å². The van der Waals surface area contributed by atoms with Gasteiger partial charge in [-0.25, -0.2) is 4.98 Å². The van der Waals surface area contributed by atoms with E-state index in [1.54, 1.807) is 35.2 Å². The maximum absolute atomic E-state index is 12.2. The van der Waals surface area contributed by atoms with Crippen molar-refractivity contribution in [3.8, 4) is 0 Å². The molecule has 0 unspecified atom stereocenters. The predicted molar refractivity (Wildman–Crippen MR) is 92.5 cm³/mol. The van der Waals surface area contributed by atoms with Gasteiger partial charge in [-0.1, -0.05) is 17.8 Å². The Labute approximate surface area is 139 Å². The van der Waals surface area contributed by atoms with Crippen LogP contribution < -0.4 is 5.32 Å². The van der Waals surface area contributed by atoms with Crippen molar-refractivity contribution < 1.29 is 9.72 Å². The van der Waals surface area contributed by atoms with Crippen LogP contribution in [0.25, 0.3) is 10.2 Å². The summed E-state index contributed by atoms with van der Waals surface area (Å²) in [5, 5.41) is 13.5. The number of aromatic nitrogens is 1. The zero-order chi connectivity index (χ0) is 16.4. The second kappa shape index (κ2) is 6.35. The van der Waals surface area contributed by atoms with Crippen molar-refractivity contribution in [3.05, 3.63) is 58.1 Å². The van der Waals surface area contributed by atoms with Gasteiger partial charge in [0.1, 0.15) is 0 Å². The van der Waals surface area contributed by atoms with Crippen molar-refractivity contribution in [2.24, 2.45) is 0 Å². The molecule has 0 saturated carbocycles. The Bertz CT molecular complexity index is 908. The van der Waals surface area contributed by atoms with E-state index in [1.807, 2.05) is 18.4 Å². The van der Waals surface area contributed by atoms with Gasteiger partial charge in [0.2, 0.25) is 0 Å². The number of nitro benzene ring substituents is 1. The summed E-state index contributed by atoms with van der Waals surface area (Å²) in [6, 6.07) is 11.1. The number of nitrogens with zero attached hydrogens (tertiary/aromatic N) is 2. The Morgan fingerprint density at radius 3 is 2.87 bits per heavy atom. The Hall–Kier alpha value is -2.45. The van der Waals surface area contributed by atoms with Crippen LogP contribution in [-0.4, -0.2) is 22.1 Å². The Balaban J connectivity index is 1.84. The zero-order valence-corrected chi connectivity index (χ0v) is 13.6. The highest BCUT2D eigenvalue weighted by Gasteiger charge is 2.12. The molecular formula is C15H11N3O3S2. The molecule has 0 spiro atoms. The first-order valence-corrected chi connectivity index (χ1v) is 8.61. The van der Waals surface area contributed by atoms with Crippen LogP contribution in [0.15, 0.2) is 46.8 Å². The van der Waals surface area contributed by atoms with Gasteiger partial charge in [-0.3, -0.25) is 14.9 Å². The van der Waals surface area contributed by atoms with Gasteiger partial charge in [-0.05, 0) is 30.5 Å². The van der Waals surface area contributed by atoms with E-state index in [4.69, 9.17) is 0 Å². The molecule has 1 heterocycles. The number of thioether (sulfide) groups is 1. The molecule has 116 valence electrons. The summed E-state index contributed by atoms with van der Waals surface area (Å²) in [7, 11) is 0. The van der Waals surface area contributed by atoms with E-state index in [2.05, 4.69) is 10.3 Å². The lowest BCUT2D eigenvalue weighted by Crippen LogP contribution is -2.11. The summed E-state index contributed by atoms with van der Waals surface area (Å²) in [4.78, 5) is 26.9. The fraction of sp³-hybridized carbons (Fsp3) is 0.0667. The van der Waals surface area contributed by atoms with Crippen LogP contribution in [0, 0.1) is 10.1 Å². The minimum Gasteiger partial charge on any atom is -0.322 e. The Kier molecular flexibility index (Phi) is 4.26. The molecule has 3 aromatic rings. The molecule has 0 atom stereocenters. The molecule has 0 saturated heterocycles. The summed E-state index contributed by atoms with van der Waals surface area (Å²) < 4.78 is 1.94. The molecular weight excluding hydrogens is 334 g/mol. The number of nitrogens with one attached hydrogen (secondary N) is 1. The molecule has 0 fully saturated rings. The maximum atomic E-state index is 12.2. The quantitative estimate of drug-likeness (QED) is 0.435. The van der Waals surface area contributed by atoms with Crippen molar-refractivity contribution in [3.63, 3.8) is 0 Å². The lowest BCUT2D eigenvalue weighted by Gasteiger charge is -2.05. The third kappa shape index (κ3) is 3.33. The number of anilines is 1. The second-order valence-electron chi connectivity index (χ2n) is 4.63. The van der Waals surface area contributed by atoms with E-state index in [-0.39, 0.29) is 17.2 Å². The van der Waals surface area contributed by atoms with Gasteiger partial charge in [-0.15, -0.1) is 11.3 Å². The standard InChI is InChI=1S/C15H11N3O3S2/c1-22-15-17-12-6-5-10(8-13(12)23-15)16-14(19)9-3-2-4-11(7-9)18(20)21/h2-8H,1H3,(H,16,19). The number of amides is 1. The SMILES string of the molecule is CSc1nc2ccc(NC(=O)c3cccc([N+](=O)[O-])c3)cc2s1. The summed E-state index contributed by atoms with van der Waals surface area (Å²) >= 11 is 3.12. The van der Waals surface area contributed by atoms with Crippen molar-refractivity contribution >= 4 is 50.6 Å². The molecule has 0 aliphatic rings. The molecule has 0 aliphatic heterocycles. The third-order valence-electron chi connectivity index (χ3n) is 3.12. The monoisotopic (exact) mass is 345 g/mol. The molecule has 3 rings (SSSR count). The first-order chi connectivity index (χ1) is 11.1. The van der Waals surface area contributed by atoms with Gasteiger partial charge in [-0.2, -0.15) is 0 Å². The molecule has 1 aromatic heterocycles. The summed E-state index contributed by atoms with van der Waals surface area (Å²) in [6.45, 7) is 0. The minimum atomic E-state index is -0.524. The first-order valence-electron chi connectivity index (χ1n) is 6.57. The van der Waals surface area contributed by atoms with Gasteiger partial charge in [0.05, 0.1) is 15.1 Å². The highest BCUT2D eigenvalue weighted by Crippen LogP contribution is 2.30. The number of hydrogen-bond acceptors (Lipinski definition) is 6. The van der Waals surface area contributed by atoms with Crippen LogP contribution in [-0.2, 0) is 0 Å². The first kappa shape index (κ1) is 15.4. The summed E-state index contributed by atoms with van der Waals surface area (Å²) in [6.07, 6.45) is 1.96. The number of rotatable bonds is 4. The van der Waals surface area contributed by atoms with Crippen LogP contribution >= 0.6 is 23.1 Å². The van der Waals surface area contributed by atoms with Crippen LogP contribution in [0.5, 0.6) is 0 Å². The van der Waals surface area contributed by atoms with Crippen molar-refractivity contribution in [2.45, 2.75) is 4.34 Å². The minimum absolute atomic E-state index is 0.111. The molecule has 2 aromatic carbocycles. The van der Waals surface area contributed by atoms with Gasteiger partial charge in [0.25, 0.3) is 11.6 Å². The topological polar surface area (TPSA) is 85.1 Å². The number of thiazole rings is 1. The second-order valence-corrected chi connectivity index (χ2v) is 6.71. The highest BCUT2D eigenvalue weighted by atomic mass is 32.2.